The third kappa shape index (κ3) is 5.30. The molecule has 0 saturated heterocycles. The Kier molecular flexibility index (Phi) is 4.95. The van der Waals surface area contributed by atoms with Crippen molar-refractivity contribution in [3.05, 3.63) is 29.3 Å². The van der Waals surface area contributed by atoms with E-state index in [-0.39, 0.29) is 24.1 Å². The molecule has 1 amide bonds. The van der Waals surface area contributed by atoms with Gasteiger partial charge in [-0.2, -0.15) is 0 Å². The zero-order valence-electron chi connectivity index (χ0n) is 12.4. The quantitative estimate of drug-likeness (QED) is 0.877. The second kappa shape index (κ2) is 6.06. The number of nitrogens with one attached hydrogen (secondary N) is 1. The number of rotatable bonds is 4. The van der Waals surface area contributed by atoms with E-state index in [0.29, 0.717) is 5.75 Å². The molecular weight excluding hydrogens is 240 g/mol. The minimum Gasteiger partial charge on any atom is -0.484 e. The number of amides is 1. The lowest BCUT2D eigenvalue weighted by molar-refractivity contribution is -0.124. The molecule has 3 N–H and O–H groups in total. The van der Waals surface area contributed by atoms with Crippen LogP contribution in [0.15, 0.2) is 18.2 Å². The molecule has 0 radical (unpaired) electrons. The van der Waals surface area contributed by atoms with E-state index >= 15 is 0 Å². The third-order valence-electron chi connectivity index (χ3n) is 2.60. The molecule has 19 heavy (non-hydrogen) atoms. The molecule has 1 aromatic rings. The van der Waals surface area contributed by atoms with Crippen LogP contribution in [0.5, 0.6) is 5.75 Å². The van der Waals surface area contributed by atoms with Crippen molar-refractivity contribution in [2.45, 2.75) is 46.2 Å². The number of benzene rings is 1. The van der Waals surface area contributed by atoms with Gasteiger partial charge in [0.1, 0.15) is 5.75 Å². The molecule has 0 bridgehead atoms. The van der Waals surface area contributed by atoms with E-state index in [2.05, 4.69) is 5.32 Å². The molecule has 0 aliphatic rings. The Morgan fingerprint density at radius 1 is 1.42 bits per heavy atom. The largest absolute Gasteiger partial charge is 0.484 e. The van der Waals surface area contributed by atoms with Gasteiger partial charge in [-0.25, -0.2) is 0 Å². The number of ether oxygens (including phenoxy) is 1. The van der Waals surface area contributed by atoms with E-state index in [1.54, 1.807) is 0 Å². The maximum atomic E-state index is 11.7. The Bertz CT molecular complexity index is 448. The smallest absolute Gasteiger partial charge is 0.258 e. The molecule has 106 valence electrons. The molecule has 1 rings (SSSR count). The number of hydrogen-bond donors (Lipinski definition) is 2. The van der Waals surface area contributed by atoms with Gasteiger partial charge in [0.15, 0.2) is 6.61 Å². The average molecular weight is 264 g/mol. The number of carbonyl (C=O) groups excluding carboxylic acids is 1. The van der Waals surface area contributed by atoms with E-state index in [1.807, 2.05) is 52.8 Å². The number of aryl methyl sites for hydroxylation is 1. The summed E-state index contributed by atoms with van der Waals surface area (Å²) in [6.45, 7) is 9.72. The highest BCUT2D eigenvalue weighted by molar-refractivity contribution is 5.78. The second-order valence-electron chi connectivity index (χ2n) is 5.90. The summed E-state index contributed by atoms with van der Waals surface area (Å²) in [5.74, 6) is 0.594. The summed E-state index contributed by atoms with van der Waals surface area (Å²) in [7, 11) is 0. The highest BCUT2D eigenvalue weighted by Gasteiger charge is 2.14. The van der Waals surface area contributed by atoms with Crippen LogP contribution in [0.25, 0.3) is 0 Å². The van der Waals surface area contributed by atoms with Crippen LogP contribution in [-0.2, 0) is 4.79 Å². The summed E-state index contributed by atoms with van der Waals surface area (Å²) in [6, 6.07) is 5.77. The van der Waals surface area contributed by atoms with Crippen molar-refractivity contribution in [1.29, 1.82) is 0 Å². The van der Waals surface area contributed by atoms with Crippen molar-refractivity contribution in [3.63, 3.8) is 0 Å². The summed E-state index contributed by atoms with van der Waals surface area (Å²) in [4.78, 5) is 11.7. The Morgan fingerprint density at radius 2 is 2.05 bits per heavy atom. The fourth-order valence-electron chi connectivity index (χ4n) is 1.72. The zero-order chi connectivity index (χ0) is 14.6. The second-order valence-corrected chi connectivity index (χ2v) is 5.90. The number of nitrogens with two attached hydrogens (primary N) is 1. The van der Waals surface area contributed by atoms with Gasteiger partial charge in [0.25, 0.3) is 5.91 Å². The van der Waals surface area contributed by atoms with E-state index in [1.165, 1.54) is 0 Å². The van der Waals surface area contributed by atoms with Gasteiger partial charge >= 0.3 is 0 Å². The number of hydrogen-bond acceptors (Lipinski definition) is 3. The molecule has 1 aromatic carbocycles. The van der Waals surface area contributed by atoms with Gasteiger partial charge in [-0.05, 0) is 51.8 Å². The Morgan fingerprint density at radius 3 is 2.53 bits per heavy atom. The average Bonchev–Trinajstić information content (AvgIpc) is 2.24. The topological polar surface area (TPSA) is 64.3 Å². The normalized spacial score (nSPS) is 12.9. The first-order valence-corrected chi connectivity index (χ1v) is 6.49. The summed E-state index contributed by atoms with van der Waals surface area (Å²) in [6.07, 6.45) is 0. The molecule has 0 saturated carbocycles. The van der Waals surface area contributed by atoms with Gasteiger partial charge < -0.3 is 15.8 Å². The fourth-order valence-corrected chi connectivity index (χ4v) is 1.72. The van der Waals surface area contributed by atoms with Gasteiger partial charge in [-0.15, -0.1) is 0 Å². The van der Waals surface area contributed by atoms with Crippen LogP contribution in [0.3, 0.4) is 0 Å². The molecule has 0 aliphatic heterocycles. The molecule has 0 fully saturated rings. The fraction of sp³-hybridized carbons (Fsp3) is 0.533. The summed E-state index contributed by atoms with van der Waals surface area (Å²) < 4.78 is 5.53. The van der Waals surface area contributed by atoms with Gasteiger partial charge in [-0.3, -0.25) is 4.79 Å². The van der Waals surface area contributed by atoms with E-state index in [4.69, 9.17) is 10.5 Å². The standard InChI is InChI=1S/C15H24N2O2/c1-10-8-12(11(2)16)6-7-13(10)19-9-14(18)17-15(3,4)5/h6-8,11H,9,16H2,1-5H3,(H,17,18)/t11-/m1/s1. The Labute approximate surface area is 115 Å². The zero-order valence-corrected chi connectivity index (χ0v) is 12.4. The molecule has 0 spiro atoms. The maximum absolute atomic E-state index is 11.7. The highest BCUT2D eigenvalue weighted by Crippen LogP contribution is 2.21. The first-order valence-electron chi connectivity index (χ1n) is 6.49. The lowest BCUT2D eigenvalue weighted by atomic mass is 10.1. The predicted molar refractivity (Wildman–Crippen MR) is 77.2 cm³/mol. The van der Waals surface area contributed by atoms with Crippen molar-refractivity contribution in [2.75, 3.05) is 6.61 Å². The van der Waals surface area contributed by atoms with Gasteiger partial charge in [0.05, 0.1) is 0 Å². The minimum absolute atomic E-state index is 0.00283. The van der Waals surface area contributed by atoms with Gasteiger partial charge in [0, 0.05) is 11.6 Å². The Hall–Kier alpha value is -1.55. The molecule has 0 aromatic heterocycles. The van der Waals surface area contributed by atoms with Crippen LogP contribution in [0.4, 0.5) is 0 Å². The predicted octanol–water partition coefficient (Wildman–Crippen LogP) is 2.31. The van der Waals surface area contributed by atoms with E-state index < -0.39 is 0 Å². The van der Waals surface area contributed by atoms with Crippen molar-refractivity contribution in [1.82, 2.24) is 5.32 Å². The van der Waals surface area contributed by atoms with Gasteiger partial charge in [-0.1, -0.05) is 12.1 Å². The third-order valence-corrected chi connectivity index (χ3v) is 2.60. The van der Waals surface area contributed by atoms with Crippen molar-refractivity contribution in [2.24, 2.45) is 5.73 Å². The van der Waals surface area contributed by atoms with Crippen LogP contribution in [0, 0.1) is 6.92 Å². The molecular formula is C15H24N2O2. The van der Waals surface area contributed by atoms with Crippen molar-refractivity contribution in [3.8, 4) is 5.75 Å². The van der Waals surface area contributed by atoms with Crippen molar-refractivity contribution < 1.29 is 9.53 Å². The lowest BCUT2D eigenvalue weighted by Crippen LogP contribution is -2.43. The van der Waals surface area contributed by atoms with E-state index in [0.717, 1.165) is 11.1 Å². The maximum Gasteiger partial charge on any atom is 0.258 e. The monoisotopic (exact) mass is 264 g/mol. The van der Waals surface area contributed by atoms with Crippen LogP contribution >= 0.6 is 0 Å². The molecule has 4 nitrogen and oxygen atoms in total. The first kappa shape index (κ1) is 15.5. The van der Waals surface area contributed by atoms with Crippen LogP contribution in [0.2, 0.25) is 0 Å². The lowest BCUT2D eigenvalue weighted by Gasteiger charge is -2.20. The first-order chi connectivity index (χ1) is 8.69. The van der Waals surface area contributed by atoms with E-state index in [9.17, 15) is 4.79 Å². The minimum atomic E-state index is -0.242. The number of carbonyl (C=O) groups is 1. The molecule has 0 heterocycles. The highest BCUT2D eigenvalue weighted by atomic mass is 16.5. The van der Waals surface area contributed by atoms with Crippen LogP contribution in [-0.4, -0.2) is 18.1 Å². The summed E-state index contributed by atoms with van der Waals surface area (Å²) in [5, 5.41) is 2.85. The van der Waals surface area contributed by atoms with Crippen LogP contribution in [0.1, 0.15) is 44.9 Å². The van der Waals surface area contributed by atoms with Gasteiger partial charge in [0.2, 0.25) is 0 Å². The van der Waals surface area contributed by atoms with Crippen LogP contribution < -0.4 is 15.8 Å². The molecule has 1 atom stereocenters. The molecule has 0 unspecified atom stereocenters. The molecule has 4 heteroatoms. The van der Waals surface area contributed by atoms with Crippen molar-refractivity contribution >= 4 is 5.91 Å². The Balaban J connectivity index is 2.61. The molecule has 0 aliphatic carbocycles. The summed E-state index contributed by atoms with van der Waals surface area (Å²) >= 11 is 0. The summed E-state index contributed by atoms with van der Waals surface area (Å²) in [5.41, 5.74) is 7.62. The SMILES string of the molecule is Cc1cc([C@@H](C)N)ccc1OCC(=O)NC(C)(C)C.